The third kappa shape index (κ3) is 6.40. The molecule has 0 aromatic heterocycles. The van der Waals surface area contributed by atoms with E-state index in [9.17, 15) is 31.7 Å². The average molecular weight is 498 g/mol. The number of nitrogens with one attached hydrogen (secondary N) is 2. The molecule has 14 heteroatoms. The summed E-state index contributed by atoms with van der Waals surface area (Å²) in [7, 11) is -7.35. The van der Waals surface area contributed by atoms with Crippen LogP contribution in [-0.2, 0) is 26.6 Å². The number of carbonyl (C=O) groups is 1. The first-order valence-corrected chi connectivity index (χ1v) is 13.1. The lowest BCUT2D eigenvalue weighted by atomic mass is 10.2. The minimum atomic E-state index is -3.93. The van der Waals surface area contributed by atoms with Crippen LogP contribution >= 0.6 is 0 Å². The van der Waals surface area contributed by atoms with E-state index in [4.69, 9.17) is 0 Å². The molecule has 0 unspecified atom stereocenters. The van der Waals surface area contributed by atoms with Gasteiger partial charge >= 0.3 is 6.03 Å². The van der Waals surface area contributed by atoms with Crippen LogP contribution in [-0.4, -0.2) is 69.4 Å². The smallest absolute Gasteiger partial charge is 0.317 e. The van der Waals surface area contributed by atoms with Crippen LogP contribution in [0, 0.1) is 10.1 Å². The Balaban J connectivity index is 1.56. The maximum Gasteiger partial charge on any atom is 0.317 e. The molecule has 0 bridgehead atoms. The van der Waals surface area contributed by atoms with Gasteiger partial charge in [-0.3, -0.25) is 14.8 Å². The van der Waals surface area contributed by atoms with E-state index in [-0.39, 0.29) is 49.3 Å². The van der Waals surface area contributed by atoms with Crippen LogP contribution in [0.4, 0.5) is 16.2 Å². The van der Waals surface area contributed by atoms with E-state index >= 15 is 0 Å². The number of carbonyl (C=O) groups excluding carboxylic acids is 1. The Hall–Kier alpha value is -3.23. The molecule has 1 fully saturated rings. The van der Waals surface area contributed by atoms with Crippen LogP contribution in [0.15, 0.2) is 53.4 Å². The van der Waals surface area contributed by atoms with Crippen molar-refractivity contribution in [3.05, 3.63) is 64.2 Å². The molecule has 0 radical (unpaired) electrons. The minimum Gasteiger partial charge on any atom is -0.334 e. The van der Waals surface area contributed by atoms with Crippen molar-refractivity contribution in [1.29, 1.82) is 0 Å². The van der Waals surface area contributed by atoms with Gasteiger partial charge in [0.25, 0.3) is 5.69 Å². The molecular formula is C19H23N5O7S2. The number of urea groups is 1. The second-order valence-corrected chi connectivity index (χ2v) is 11.1. The Labute approximate surface area is 191 Å². The Morgan fingerprint density at radius 2 is 1.70 bits per heavy atom. The molecule has 2 N–H and O–H groups in total. The highest BCUT2D eigenvalue weighted by molar-refractivity contribution is 7.92. The Bertz CT molecular complexity index is 1260. The van der Waals surface area contributed by atoms with Gasteiger partial charge in [-0.1, -0.05) is 18.2 Å². The molecule has 0 atom stereocenters. The Morgan fingerprint density at radius 1 is 1.03 bits per heavy atom. The molecule has 0 spiro atoms. The van der Waals surface area contributed by atoms with Crippen molar-refractivity contribution in [2.24, 2.45) is 0 Å². The van der Waals surface area contributed by atoms with Gasteiger partial charge in [-0.2, -0.15) is 4.31 Å². The molecule has 178 valence electrons. The molecule has 2 amide bonds. The summed E-state index contributed by atoms with van der Waals surface area (Å²) in [6, 6.07) is 11.0. The molecule has 12 nitrogen and oxygen atoms in total. The number of non-ortho nitro benzene ring substituents is 1. The number of nitro groups is 1. The molecule has 1 aliphatic rings. The molecule has 0 aliphatic carbocycles. The van der Waals surface area contributed by atoms with Crippen molar-refractivity contribution in [1.82, 2.24) is 14.5 Å². The van der Waals surface area contributed by atoms with E-state index in [1.807, 2.05) is 0 Å². The zero-order chi connectivity index (χ0) is 24.2. The fraction of sp³-hybridized carbons (Fsp3) is 0.316. The number of benzene rings is 2. The normalized spacial score (nSPS) is 15.1. The molecular weight excluding hydrogens is 474 g/mol. The van der Waals surface area contributed by atoms with Gasteiger partial charge in [0.05, 0.1) is 16.1 Å². The van der Waals surface area contributed by atoms with Crippen LogP contribution in [0.3, 0.4) is 0 Å². The average Bonchev–Trinajstić information content (AvgIpc) is 2.76. The largest absolute Gasteiger partial charge is 0.334 e. The summed E-state index contributed by atoms with van der Waals surface area (Å²) in [6.07, 6.45) is 1.04. The zero-order valence-electron chi connectivity index (χ0n) is 17.7. The lowest BCUT2D eigenvalue weighted by molar-refractivity contribution is -0.385. The number of nitrogens with zero attached hydrogens (tertiary/aromatic N) is 3. The van der Waals surface area contributed by atoms with Crippen molar-refractivity contribution < 1.29 is 26.6 Å². The van der Waals surface area contributed by atoms with Gasteiger partial charge in [0.1, 0.15) is 0 Å². The number of sulfonamides is 2. The molecule has 0 saturated carbocycles. The van der Waals surface area contributed by atoms with Crippen molar-refractivity contribution in [3.8, 4) is 0 Å². The second-order valence-electron chi connectivity index (χ2n) is 7.38. The predicted octanol–water partition coefficient (Wildman–Crippen LogP) is 1.18. The second kappa shape index (κ2) is 9.72. The van der Waals surface area contributed by atoms with Gasteiger partial charge in [-0.25, -0.2) is 21.6 Å². The lowest BCUT2D eigenvalue weighted by Crippen LogP contribution is -2.52. The van der Waals surface area contributed by atoms with Crippen molar-refractivity contribution in [2.45, 2.75) is 11.4 Å². The van der Waals surface area contributed by atoms with E-state index in [2.05, 4.69) is 10.0 Å². The van der Waals surface area contributed by atoms with Gasteiger partial charge in [-0.15, -0.1) is 0 Å². The summed E-state index contributed by atoms with van der Waals surface area (Å²) in [5.74, 6) is 0. The lowest BCUT2D eigenvalue weighted by Gasteiger charge is -2.34. The van der Waals surface area contributed by atoms with Gasteiger partial charge in [0, 0.05) is 50.5 Å². The third-order valence-electron chi connectivity index (χ3n) is 4.87. The summed E-state index contributed by atoms with van der Waals surface area (Å²) in [4.78, 5) is 24.1. The molecule has 2 aromatic rings. The van der Waals surface area contributed by atoms with Crippen LogP contribution in [0.25, 0.3) is 0 Å². The fourth-order valence-electron chi connectivity index (χ4n) is 3.29. The van der Waals surface area contributed by atoms with Crippen molar-refractivity contribution >= 4 is 37.5 Å². The first kappa shape index (κ1) is 24.4. The van der Waals surface area contributed by atoms with Gasteiger partial charge < -0.3 is 10.2 Å². The number of hydrogen-bond donors (Lipinski definition) is 2. The molecule has 1 heterocycles. The maximum atomic E-state index is 12.8. The van der Waals surface area contributed by atoms with E-state index < -0.39 is 25.0 Å². The highest BCUT2D eigenvalue weighted by Crippen LogP contribution is 2.22. The molecule has 2 aromatic carbocycles. The predicted molar refractivity (Wildman–Crippen MR) is 121 cm³/mol. The van der Waals surface area contributed by atoms with Gasteiger partial charge in [-0.05, 0) is 23.8 Å². The summed E-state index contributed by atoms with van der Waals surface area (Å²) in [5, 5.41) is 13.7. The fourth-order valence-corrected chi connectivity index (χ4v) is 5.30. The SMILES string of the molecule is CS(=O)(=O)Nc1cccc(CNC(=O)N2CCN(S(=O)(=O)c3cccc([N+](=O)[O-])c3)CC2)c1. The maximum absolute atomic E-state index is 12.8. The highest BCUT2D eigenvalue weighted by atomic mass is 32.2. The first-order chi connectivity index (χ1) is 15.5. The topological polar surface area (TPSA) is 159 Å². The number of amides is 2. The van der Waals surface area contributed by atoms with Gasteiger partial charge in [0.15, 0.2) is 0 Å². The van der Waals surface area contributed by atoms with Crippen LogP contribution in [0.1, 0.15) is 5.56 Å². The van der Waals surface area contributed by atoms with Crippen LogP contribution in [0.5, 0.6) is 0 Å². The standard InChI is InChI=1S/C19H23N5O7S2/c1-32(28,29)21-16-5-2-4-15(12-16)14-20-19(25)22-8-10-23(11-9-22)33(30,31)18-7-3-6-17(13-18)24(26)27/h2-7,12-13,21H,8-11,14H2,1H3,(H,20,25). The number of piperazine rings is 1. The van der Waals surface area contributed by atoms with E-state index in [0.717, 1.165) is 12.3 Å². The van der Waals surface area contributed by atoms with Gasteiger partial charge in [0.2, 0.25) is 20.0 Å². The Kier molecular flexibility index (Phi) is 7.19. The first-order valence-electron chi connectivity index (χ1n) is 9.80. The minimum absolute atomic E-state index is 0.0478. The summed E-state index contributed by atoms with van der Waals surface area (Å²) in [6.45, 7) is 0.550. The monoisotopic (exact) mass is 497 g/mol. The van der Waals surface area contributed by atoms with Crippen molar-refractivity contribution in [2.75, 3.05) is 37.2 Å². The molecule has 3 rings (SSSR count). The molecule has 1 aliphatic heterocycles. The molecule has 1 saturated heterocycles. The van der Waals surface area contributed by atoms with Crippen LogP contribution in [0.2, 0.25) is 0 Å². The number of nitro benzene ring substituents is 1. The third-order valence-corrected chi connectivity index (χ3v) is 7.37. The molecule has 33 heavy (non-hydrogen) atoms. The number of hydrogen-bond acceptors (Lipinski definition) is 7. The summed E-state index contributed by atoms with van der Waals surface area (Å²) in [5.41, 5.74) is 0.748. The number of rotatable bonds is 7. The zero-order valence-corrected chi connectivity index (χ0v) is 19.3. The summed E-state index contributed by atoms with van der Waals surface area (Å²) >= 11 is 0. The summed E-state index contributed by atoms with van der Waals surface area (Å²) < 4.78 is 51.9. The number of anilines is 1. The Morgan fingerprint density at radius 3 is 2.33 bits per heavy atom. The van der Waals surface area contributed by atoms with Crippen molar-refractivity contribution in [3.63, 3.8) is 0 Å². The van der Waals surface area contributed by atoms with E-state index in [1.54, 1.807) is 24.3 Å². The highest BCUT2D eigenvalue weighted by Gasteiger charge is 2.31. The van der Waals surface area contributed by atoms with Crippen LogP contribution < -0.4 is 10.0 Å². The van der Waals surface area contributed by atoms with E-state index in [1.165, 1.54) is 27.4 Å². The quantitative estimate of drug-likeness (QED) is 0.429. The van der Waals surface area contributed by atoms with E-state index in [0.29, 0.717) is 11.3 Å².